The molecule has 0 radical (unpaired) electrons. The summed E-state index contributed by atoms with van der Waals surface area (Å²) in [5.74, 6) is 5.29. The van der Waals surface area contributed by atoms with Crippen molar-refractivity contribution in [2.45, 2.75) is 6.42 Å². The molecule has 0 spiro atoms. The number of esters is 1. The maximum absolute atomic E-state index is 11.9. The smallest absolute Gasteiger partial charge is 0.313 e. The maximum Gasteiger partial charge on any atom is 0.313 e. The Morgan fingerprint density at radius 3 is 2.58 bits per heavy atom. The van der Waals surface area contributed by atoms with Gasteiger partial charge < -0.3 is 4.74 Å². The van der Waals surface area contributed by atoms with Gasteiger partial charge in [0.2, 0.25) is 0 Å². The molecule has 24 heavy (non-hydrogen) atoms. The van der Waals surface area contributed by atoms with Gasteiger partial charge in [-0.25, -0.2) is 0 Å². The third kappa shape index (κ3) is 5.45. The van der Waals surface area contributed by atoms with Gasteiger partial charge in [0.25, 0.3) is 0 Å². The van der Waals surface area contributed by atoms with Gasteiger partial charge >= 0.3 is 5.97 Å². The molecular weight excluding hydrogens is 343 g/mol. The summed E-state index contributed by atoms with van der Waals surface area (Å²) in [6.45, 7) is 0. The molecule has 0 aliphatic rings. The minimum Gasteiger partial charge on any atom is -0.469 e. The molecule has 1 unspecified atom stereocenters. The molecule has 0 aliphatic carbocycles. The molecule has 0 saturated heterocycles. The summed E-state index contributed by atoms with van der Waals surface area (Å²) in [5.41, 5.74) is 1.77. The van der Waals surface area contributed by atoms with Crippen LogP contribution >= 0.6 is 23.2 Å². The lowest BCUT2D eigenvalue weighted by molar-refractivity contribution is -0.143. The van der Waals surface area contributed by atoms with Crippen LogP contribution in [0.25, 0.3) is 6.08 Å². The molecule has 1 atom stereocenters. The number of rotatable bonds is 4. The quantitative estimate of drug-likeness (QED) is 0.551. The minimum absolute atomic E-state index is 0.325. The molecule has 2 rings (SSSR count). The Bertz CT molecular complexity index is 786. The first-order valence-corrected chi connectivity index (χ1v) is 8.10. The van der Waals surface area contributed by atoms with Crippen molar-refractivity contribution in [1.82, 2.24) is 0 Å². The van der Waals surface area contributed by atoms with Crippen LogP contribution in [0.4, 0.5) is 0 Å². The molecule has 0 bridgehead atoms. The van der Waals surface area contributed by atoms with Crippen LogP contribution < -0.4 is 0 Å². The Balaban J connectivity index is 2.11. The van der Waals surface area contributed by atoms with E-state index in [-0.39, 0.29) is 5.97 Å². The van der Waals surface area contributed by atoms with E-state index in [0.717, 1.165) is 11.1 Å². The van der Waals surface area contributed by atoms with Crippen LogP contribution in [0, 0.1) is 17.8 Å². The number of methoxy groups -OCH3 is 1. The molecule has 122 valence electrons. The van der Waals surface area contributed by atoms with Crippen molar-refractivity contribution in [3.63, 3.8) is 0 Å². The predicted molar refractivity (Wildman–Crippen MR) is 98.9 cm³/mol. The summed E-state index contributed by atoms with van der Waals surface area (Å²) < 4.78 is 4.84. The second-order valence-corrected chi connectivity index (χ2v) is 5.85. The monoisotopic (exact) mass is 358 g/mol. The van der Waals surface area contributed by atoms with Gasteiger partial charge in [0.05, 0.1) is 23.1 Å². The fourth-order valence-electron chi connectivity index (χ4n) is 2.01. The molecule has 0 saturated carbocycles. The van der Waals surface area contributed by atoms with Gasteiger partial charge in [-0.2, -0.15) is 0 Å². The Labute approximate surface area is 152 Å². The molecule has 0 fully saturated rings. The number of ether oxygens (including phenoxy) is 1. The lowest BCUT2D eigenvalue weighted by Crippen LogP contribution is -2.13. The van der Waals surface area contributed by atoms with Gasteiger partial charge in [-0.15, -0.1) is 0 Å². The number of carbonyl (C=O) groups excluding carboxylic acids is 1. The second kappa shape index (κ2) is 9.17. The van der Waals surface area contributed by atoms with E-state index in [0.29, 0.717) is 16.5 Å². The van der Waals surface area contributed by atoms with Crippen molar-refractivity contribution in [2.75, 3.05) is 7.11 Å². The molecule has 0 aliphatic heterocycles. The zero-order valence-electron chi connectivity index (χ0n) is 13.1. The topological polar surface area (TPSA) is 26.3 Å². The van der Waals surface area contributed by atoms with E-state index >= 15 is 0 Å². The van der Waals surface area contributed by atoms with E-state index in [1.54, 1.807) is 18.2 Å². The SMILES string of the molecule is COC(=O)C(/C=C/c1ccc(Cl)c(Cl)c1)CC#Cc1ccccc1. The Kier molecular flexibility index (Phi) is 6.93. The van der Waals surface area contributed by atoms with E-state index < -0.39 is 5.92 Å². The van der Waals surface area contributed by atoms with Crippen molar-refractivity contribution >= 4 is 35.2 Å². The van der Waals surface area contributed by atoms with E-state index in [2.05, 4.69) is 11.8 Å². The number of hydrogen-bond acceptors (Lipinski definition) is 2. The normalized spacial score (nSPS) is 11.6. The summed E-state index contributed by atoms with van der Waals surface area (Å²) in [5, 5.41) is 0.962. The van der Waals surface area contributed by atoms with E-state index in [1.807, 2.05) is 42.5 Å². The molecule has 0 N–H and O–H groups in total. The summed E-state index contributed by atoms with van der Waals surface area (Å²) >= 11 is 11.9. The predicted octanol–water partition coefficient (Wildman–Crippen LogP) is 5.24. The van der Waals surface area contributed by atoms with Crippen molar-refractivity contribution in [3.8, 4) is 11.8 Å². The fourth-order valence-corrected chi connectivity index (χ4v) is 2.32. The summed E-state index contributed by atoms with van der Waals surface area (Å²) in [6.07, 6.45) is 3.96. The van der Waals surface area contributed by atoms with Gasteiger partial charge in [-0.3, -0.25) is 4.79 Å². The number of benzene rings is 2. The van der Waals surface area contributed by atoms with Crippen LogP contribution in [0.2, 0.25) is 10.0 Å². The largest absolute Gasteiger partial charge is 0.469 e. The van der Waals surface area contributed by atoms with Crippen LogP contribution in [0.15, 0.2) is 54.6 Å². The van der Waals surface area contributed by atoms with Crippen molar-refractivity contribution in [2.24, 2.45) is 5.92 Å². The highest BCUT2D eigenvalue weighted by atomic mass is 35.5. The highest BCUT2D eigenvalue weighted by molar-refractivity contribution is 6.42. The third-order valence-corrected chi connectivity index (χ3v) is 4.04. The number of halogens is 2. The highest BCUT2D eigenvalue weighted by Crippen LogP contribution is 2.23. The first-order valence-electron chi connectivity index (χ1n) is 7.35. The zero-order valence-corrected chi connectivity index (χ0v) is 14.6. The molecule has 2 aromatic carbocycles. The van der Waals surface area contributed by atoms with Crippen LogP contribution in [0.1, 0.15) is 17.5 Å². The van der Waals surface area contributed by atoms with Crippen molar-refractivity contribution < 1.29 is 9.53 Å². The van der Waals surface area contributed by atoms with Gasteiger partial charge in [-0.05, 0) is 29.8 Å². The van der Waals surface area contributed by atoms with Gasteiger partial charge in [0, 0.05) is 12.0 Å². The van der Waals surface area contributed by atoms with Crippen LogP contribution in [-0.2, 0) is 9.53 Å². The molecule has 2 aromatic rings. The van der Waals surface area contributed by atoms with Gasteiger partial charge in [0.1, 0.15) is 0 Å². The minimum atomic E-state index is -0.444. The first-order chi connectivity index (χ1) is 11.6. The Morgan fingerprint density at radius 1 is 1.17 bits per heavy atom. The highest BCUT2D eigenvalue weighted by Gasteiger charge is 2.14. The molecule has 0 aromatic heterocycles. The fraction of sp³-hybridized carbons (Fsp3) is 0.150. The Hall–Kier alpha value is -2.21. The molecule has 0 heterocycles. The number of carbonyl (C=O) groups is 1. The average molecular weight is 359 g/mol. The van der Waals surface area contributed by atoms with Crippen LogP contribution in [0.5, 0.6) is 0 Å². The van der Waals surface area contributed by atoms with E-state index in [4.69, 9.17) is 27.9 Å². The molecule has 4 heteroatoms. The van der Waals surface area contributed by atoms with E-state index in [1.165, 1.54) is 7.11 Å². The lowest BCUT2D eigenvalue weighted by atomic mass is 10.0. The molecule has 0 amide bonds. The summed E-state index contributed by atoms with van der Waals surface area (Å²) in [6, 6.07) is 14.9. The third-order valence-electron chi connectivity index (χ3n) is 3.30. The molecular formula is C20H16Cl2O2. The van der Waals surface area contributed by atoms with Crippen LogP contribution in [-0.4, -0.2) is 13.1 Å². The van der Waals surface area contributed by atoms with Crippen LogP contribution in [0.3, 0.4) is 0 Å². The summed E-state index contributed by atoms with van der Waals surface area (Å²) in [4.78, 5) is 11.9. The average Bonchev–Trinajstić information content (AvgIpc) is 2.61. The lowest BCUT2D eigenvalue weighted by Gasteiger charge is -2.06. The van der Waals surface area contributed by atoms with Crippen molar-refractivity contribution in [1.29, 1.82) is 0 Å². The van der Waals surface area contributed by atoms with E-state index in [9.17, 15) is 4.79 Å². The maximum atomic E-state index is 11.9. The Morgan fingerprint density at radius 2 is 1.92 bits per heavy atom. The standard InChI is InChI=1S/C20H16Cl2O2/c1-24-20(23)17(9-5-8-15-6-3-2-4-7-15)12-10-16-11-13-18(21)19(22)14-16/h2-4,6-7,10-14,17H,9H2,1H3/b12-10+. The summed E-state index contributed by atoms with van der Waals surface area (Å²) in [7, 11) is 1.37. The van der Waals surface area contributed by atoms with Crippen molar-refractivity contribution in [3.05, 3.63) is 75.8 Å². The zero-order chi connectivity index (χ0) is 17.4. The van der Waals surface area contributed by atoms with Gasteiger partial charge in [0.15, 0.2) is 0 Å². The second-order valence-electron chi connectivity index (χ2n) is 5.03. The number of hydrogen-bond donors (Lipinski definition) is 0. The molecule has 2 nitrogen and oxygen atoms in total. The first kappa shape index (κ1) is 18.1. The van der Waals surface area contributed by atoms with Gasteiger partial charge in [-0.1, -0.05) is 71.5 Å².